The molecule has 0 radical (unpaired) electrons. The minimum atomic E-state index is -0.753. The van der Waals surface area contributed by atoms with Gasteiger partial charge in [-0.05, 0) is 37.7 Å². The van der Waals surface area contributed by atoms with Crippen LogP contribution >= 0.6 is 0 Å². The fourth-order valence-corrected chi connectivity index (χ4v) is 1.84. The Morgan fingerprint density at radius 3 is 2.63 bits per heavy atom. The van der Waals surface area contributed by atoms with Crippen LogP contribution in [0.1, 0.15) is 37.7 Å². The Kier molecular flexibility index (Phi) is 7.59. The highest BCUT2D eigenvalue weighted by molar-refractivity contribution is 5.66. The number of aryl methyl sites for hydroxylation is 1. The maximum absolute atomic E-state index is 10.3. The summed E-state index contributed by atoms with van der Waals surface area (Å²) in [6.07, 6.45) is 7.48. The van der Waals surface area contributed by atoms with Gasteiger partial charge in [-0.15, -0.1) is 0 Å². The van der Waals surface area contributed by atoms with E-state index in [2.05, 4.69) is 12.1 Å². The van der Waals surface area contributed by atoms with Crippen molar-refractivity contribution in [3.63, 3.8) is 0 Å². The maximum Gasteiger partial charge on any atom is 0.303 e. The van der Waals surface area contributed by atoms with Crippen LogP contribution in [0.2, 0.25) is 0 Å². The van der Waals surface area contributed by atoms with Gasteiger partial charge < -0.3 is 10.2 Å². The molecule has 104 valence electrons. The molecule has 0 heterocycles. The van der Waals surface area contributed by atoms with E-state index in [0.29, 0.717) is 12.8 Å². The van der Waals surface area contributed by atoms with Crippen LogP contribution in [-0.2, 0) is 11.2 Å². The first-order valence-corrected chi connectivity index (χ1v) is 6.77. The number of aliphatic hydroxyl groups is 1. The predicted octanol–water partition coefficient (Wildman–Crippen LogP) is 3.18. The third kappa shape index (κ3) is 8.16. The van der Waals surface area contributed by atoms with Crippen molar-refractivity contribution >= 4 is 5.97 Å². The first-order valence-electron chi connectivity index (χ1n) is 6.77. The minimum Gasteiger partial charge on any atom is -0.481 e. The van der Waals surface area contributed by atoms with E-state index in [4.69, 9.17) is 5.11 Å². The van der Waals surface area contributed by atoms with Crippen LogP contribution < -0.4 is 0 Å². The number of carboxylic acids is 1. The molecule has 1 aromatic carbocycles. The van der Waals surface area contributed by atoms with Crippen molar-refractivity contribution in [1.29, 1.82) is 0 Å². The summed E-state index contributed by atoms with van der Waals surface area (Å²) in [5.41, 5.74) is 1.24. The summed E-state index contributed by atoms with van der Waals surface area (Å²) < 4.78 is 0. The van der Waals surface area contributed by atoms with Gasteiger partial charge in [0.2, 0.25) is 0 Å². The van der Waals surface area contributed by atoms with E-state index < -0.39 is 5.97 Å². The van der Waals surface area contributed by atoms with Gasteiger partial charge in [0.05, 0.1) is 6.10 Å². The lowest BCUT2D eigenvalue weighted by Crippen LogP contribution is -2.06. The van der Waals surface area contributed by atoms with Gasteiger partial charge >= 0.3 is 5.97 Å². The average molecular weight is 262 g/mol. The van der Waals surface area contributed by atoms with Crippen LogP contribution in [0.25, 0.3) is 0 Å². The van der Waals surface area contributed by atoms with Crippen LogP contribution in [0.3, 0.4) is 0 Å². The number of benzene rings is 1. The van der Waals surface area contributed by atoms with Gasteiger partial charge in [-0.1, -0.05) is 42.5 Å². The van der Waals surface area contributed by atoms with Crippen LogP contribution in [0.15, 0.2) is 42.5 Å². The number of carbonyl (C=O) groups is 1. The molecule has 1 atom stereocenters. The lowest BCUT2D eigenvalue weighted by atomic mass is 10.0. The molecular formula is C16H22O3. The van der Waals surface area contributed by atoms with Gasteiger partial charge in [0, 0.05) is 6.42 Å². The van der Waals surface area contributed by atoms with E-state index in [1.165, 1.54) is 5.56 Å². The largest absolute Gasteiger partial charge is 0.481 e. The zero-order valence-electron chi connectivity index (χ0n) is 11.2. The van der Waals surface area contributed by atoms with Gasteiger partial charge in [0.1, 0.15) is 0 Å². The highest BCUT2D eigenvalue weighted by Gasteiger charge is 2.02. The Morgan fingerprint density at radius 1 is 1.21 bits per heavy atom. The molecule has 0 amide bonds. The molecule has 0 saturated carbocycles. The molecule has 1 rings (SSSR count). The van der Waals surface area contributed by atoms with Crippen molar-refractivity contribution in [2.24, 2.45) is 0 Å². The van der Waals surface area contributed by atoms with Gasteiger partial charge in [0.25, 0.3) is 0 Å². The SMILES string of the molecule is O=C(O)CCC/C=C/CC(O)CCc1ccccc1. The number of hydrogen-bond acceptors (Lipinski definition) is 2. The first kappa shape index (κ1) is 15.4. The smallest absolute Gasteiger partial charge is 0.303 e. The summed E-state index contributed by atoms with van der Waals surface area (Å²) in [4.78, 5) is 10.3. The Labute approximate surface area is 114 Å². The number of hydrogen-bond donors (Lipinski definition) is 2. The molecule has 3 heteroatoms. The van der Waals surface area contributed by atoms with Crippen molar-refractivity contribution in [2.45, 2.75) is 44.6 Å². The molecule has 0 aliphatic carbocycles. The maximum atomic E-state index is 10.3. The second kappa shape index (κ2) is 9.34. The zero-order chi connectivity index (χ0) is 13.9. The fourth-order valence-electron chi connectivity index (χ4n) is 1.84. The molecule has 19 heavy (non-hydrogen) atoms. The van der Waals surface area contributed by atoms with E-state index in [1.54, 1.807) is 0 Å². The van der Waals surface area contributed by atoms with Gasteiger partial charge in [0.15, 0.2) is 0 Å². The third-order valence-electron chi connectivity index (χ3n) is 2.95. The quantitative estimate of drug-likeness (QED) is 0.531. The number of aliphatic hydroxyl groups excluding tert-OH is 1. The highest BCUT2D eigenvalue weighted by Crippen LogP contribution is 2.08. The van der Waals surface area contributed by atoms with Crippen molar-refractivity contribution in [3.05, 3.63) is 48.0 Å². The zero-order valence-corrected chi connectivity index (χ0v) is 11.2. The van der Waals surface area contributed by atoms with Crippen molar-refractivity contribution in [2.75, 3.05) is 0 Å². The Balaban J connectivity index is 2.09. The Morgan fingerprint density at radius 2 is 1.95 bits per heavy atom. The van der Waals surface area contributed by atoms with Crippen LogP contribution in [0.4, 0.5) is 0 Å². The molecule has 0 aliphatic rings. The molecule has 0 bridgehead atoms. The number of unbranched alkanes of at least 4 members (excludes halogenated alkanes) is 1. The lowest BCUT2D eigenvalue weighted by molar-refractivity contribution is -0.137. The molecule has 3 nitrogen and oxygen atoms in total. The second-order valence-corrected chi connectivity index (χ2v) is 4.67. The molecule has 1 aromatic rings. The highest BCUT2D eigenvalue weighted by atomic mass is 16.4. The number of carboxylic acid groups (broad SMARTS) is 1. The summed E-state index contributed by atoms with van der Waals surface area (Å²) >= 11 is 0. The minimum absolute atomic E-state index is 0.209. The Bertz CT molecular complexity index is 384. The lowest BCUT2D eigenvalue weighted by Gasteiger charge is -2.07. The fraction of sp³-hybridized carbons (Fsp3) is 0.438. The van der Waals surface area contributed by atoms with E-state index in [0.717, 1.165) is 19.3 Å². The van der Waals surface area contributed by atoms with Gasteiger partial charge in [-0.25, -0.2) is 0 Å². The summed E-state index contributed by atoms with van der Waals surface area (Å²) in [6.45, 7) is 0. The Hall–Kier alpha value is -1.61. The molecule has 0 spiro atoms. The van der Waals surface area contributed by atoms with Gasteiger partial charge in [-0.3, -0.25) is 4.79 Å². The normalized spacial score (nSPS) is 12.7. The monoisotopic (exact) mass is 262 g/mol. The van der Waals surface area contributed by atoms with Crippen LogP contribution in [0.5, 0.6) is 0 Å². The van der Waals surface area contributed by atoms with Crippen molar-refractivity contribution < 1.29 is 15.0 Å². The average Bonchev–Trinajstić information content (AvgIpc) is 2.41. The third-order valence-corrected chi connectivity index (χ3v) is 2.95. The molecule has 2 N–H and O–H groups in total. The van der Waals surface area contributed by atoms with Crippen LogP contribution in [0, 0.1) is 0 Å². The van der Waals surface area contributed by atoms with Gasteiger partial charge in [-0.2, -0.15) is 0 Å². The molecule has 1 unspecified atom stereocenters. The standard InChI is InChI=1S/C16H22O3/c17-15(10-6-1-2-7-11-16(18)19)13-12-14-8-4-3-5-9-14/h1,3-6,8-9,15,17H,2,7,10-13H2,(H,18,19)/b6-1+. The molecule has 0 aromatic heterocycles. The summed E-state index contributed by atoms with van der Waals surface area (Å²) in [7, 11) is 0. The summed E-state index contributed by atoms with van der Waals surface area (Å²) in [6, 6.07) is 10.1. The van der Waals surface area contributed by atoms with E-state index in [-0.39, 0.29) is 12.5 Å². The second-order valence-electron chi connectivity index (χ2n) is 4.67. The van der Waals surface area contributed by atoms with E-state index >= 15 is 0 Å². The van der Waals surface area contributed by atoms with Crippen LogP contribution in [-0.4, -0.2) is 22.3 Å². The number of rotatable bonds is 9. The molecule has 0 aliphatic heterocycles. The van der Waals surface area contributed by atoms with E-state index in [9.17, 15) is 9.90 Å². The van der Waals surface area contributed by atoms with Crippen molar-refractivity contribution in [1.82, 2.24) is 0 Å². The first-order chi connectivity index (χ1) is 9.18. The molecule has 0 saturated heterocycles. The topological polar surface area (TPSA) is 57.5 Å². The summed E-state index contributed by atoms with van der Waals surface area (Å²) in [5.74, 6) is -0.753. The number of allylic oxidation sites excluding steroid dienone is 1. The predicted molar refractivity (Wildman–Crippen MR) is 76.0 cm³/mol. The number of aliphatic carboxylic acids is 1. The summed E-state index contributed by atoms with van der Waals surface area (Å²) in [5, 5.41) is 18.3. The van der Waals surface area contributed by atoms with Crippen molar-refractivity contribution in [3.8, 4) is 0 Å². The molecular weight excluding hydrogens is 240 g/mol. The van der Waals surface area contributed by atoms with E-state index in [1.807, 2.05) is 30.4 Å². The molecule has 0 fully saturated rings.